The van der Waals surface area contributed by atoms with Crippen LogP contribution in [0.15, 0.2) is 57.2 Å². The Bertz CT molecular complexity index is 1120. The smallest absolute Gasteiger partial charge is 0.263 e. The van der Waals surface area contributed by atoms with Gasteiger partial charge in [0.2, 0.25) is 0 Å². The highest BCUT2D eigenvalue weighted by Crippen LogP contribution is 2.30. The number of rotatable bonds is 5. The van der Waals surface area contributed by atoms with Gasteiger partial charge in [-0.05, 0) is 36.8 Å². The number of aliphatic imine (C=N–C) groups is 1. The minimum Gasteiger partial charge on any atom is -0.280 e. The van der Waals surface area contributed by atoms with Gasteiger partial charge in [-0.1, -0.05) is 35.3 Å². The fraction of sp³-hybridized carbons (Fsp3) is 0.188. The zero-order valence-electron chi connectivity index (χ0n) is 13.8. The van der Waals surface area contributed by atoms with E-state index >= 15 is 0 Å². The number of sulfonamides is 2. The Labute approximate surface area is 167 Å². The number of hydrogen-bond donors (Lipinski definition) is 2. The molecule has 27 heavy (non-hydrogen) atoms. The lowest BCUT2D eigenvalue weighted by molar-refractivity contribution is 0.591. The molecule has 0 unspecified atom stereocenters. The summed E-state index contributed by atoms with van der Waals surface area (Å²) >= 11 is 11.8. The SMILES string of the molecule is O=S(=O)(NC1=NCCC1)c1cccc(NS(=O)(=O)c2cccc(Cl)c2Cl)c1. The van der Waals surface area contributed by atoms with Gasteiger partial charge in [0.15, 0.2) is 0 Å². The van der Waals surface area contributed by atoms with E-state index in [2.05, 4.69) is 14.4 Å². The Balaban J connectivity index is 1.88. The Morgan fingerprint density at radius 3 is 2.37 bits per heavy atom. The fourth-order valence-electron chi connectivity index (χ4n) is 2.47. The third kappa shape index (κ3) is 4.55. The van der Waals surface area contributed by atoms with Crippen LogP contribution < -0.4 is 9.44 Å². The molecule has 0 atom stereocenters. The second-order valence-electron chi connectivity index (χ2n) is 5.72. The van der Waals surface area contributed by atoms with Crippen LogP contribution in [0.5, 0.6) is 0 Å². The first-order valence-electron chi connectivity index (χ1n) is 7.82. The first kappa shape index (κ1) is 19.9. The van der Waals surface area contributed by atoms with E-state index in [0.717, 1.165) is 6.42 Å². The van der Waals surface area contributed by atoms with Crippen LogP contribution in [0.2, 0.25) is 10.0 Å². The summed E-state index contributed by atoms with van der Waals surface area (Å²) in [4.78, 5) is 3.78. The third-order valence-corrected chi connectivity index (χ3v) is 7.46. The third-order valence-electron chi connectivity index (χ3n) is 3.73. The van der Waals surface area contributed by atoms with E-state index in [1.165, 1.54) is 42.5 Å². The molecule has 0 saturated carbocycles. The first-order chi connectivity index (χ1) is 12.7. The molecule has 0 radical (unpaired) electrons. The number of amidine groups is 1. The lowest BCUT2D eigenvalue weighted by Gasteiger charge is -2.12. The standard InChI is InChI=1S/C16H15Cl2N3O4S2/c17-13-6-2-7-14(16(13)18)27(24,25)20-11-4-1-5-12(10-11)26(22,23)21-15-8-3-9-19-15/h1-2,4-7,10,20H,3,8-9H2,(H,19,21). The van der Waals surface area contributed by atoms with Crippen molar-refractivity contribution in [3.8, 4) is 0 Å². The molecule has 0 fully saturated rings. The highest BCUT2D eigenvalue weighted by atomic mass is 35.5. The summed E-state index contributed by atoms with van der Waals surface area (Å²) < 4.78 is 54.8. The number of halogens is 2. The van der Waals surface area contributed by atoms with Crippen LogP contribution in [0.3, 0.4) is 0 Å². The molecule has 7 nitrogen and oxygen atoms in total. The van der Waals surface area contributed by atoms with Gasteiger partial charge in [-0.3, -0.25) is 14.4 Å². The molecule has 1 heterocycles. The lowest BCUT2D eigenvalue weighted by atomic mass is 10.3. The molecule has 0 aromatic heterocycles. The Morgan fingerprint density at radius 2 is 1.67 bits per heavy atom. The average Bonchev–Trinajstić information content (AvgIpc) is 3.09. The maximum Gasteiger partial charge on any atom is 0.263 e. The van der Waals surface area contributed by atoms with Crippen molar-refractivity contribution >= 4 is 54.8 Å². The van der Waals surface area contributed by atoms with Gasteiger partial charge < -0.3 is 0 Å². The molecule has 11 heteroatoms. The topological polar surface area (TPSA) is 105 Å². The zero-order chi connectivity index (χ0) is 19.7. The quantitative estimate of drug-likeness (QED) is 0.733. The number of nitrogens with one attached hydrogen (secondary N) is 2. The summed E-state index contributed by atoms with van der Waals surface area (Å²) in [5.74, 6) is 0.395. The van der Waals surface area contributed by atoms with Crippen LogP contribution in [0.25, 0.3) is 0 Å². The molecule has 1 aliphatic rings. The second-order valence-corrected chi connectivity index (χ2v) is 9.84. The van der Waals surface area contributed by atoms with Gasteiger partial charge in [-0.25, -0.2) is 16.8 Å². The summed E-state index contributed by atoms with van der Waals surface area (Å²) in [5.41, 5.74) is 0.0716. The summed E-state index contributed by atoms with van der Waals surface area (Å²) in [7, 11) is -7.92. The summed E-state index contributed by atoms with van der Waals surface area (Å²) in [6.07, 6.45) is 1.34. The lowest BCUT2D eigenvalue weighted by Crippen LogP contribution is -2.29. The van der Waals surface area contributed by atoms with Crippen LogP contribution in [0, 0.1) is 0 Å². The van der Waals surface area contributed by atoms with E-state index in [1.54, 1.807) is 0 Å². The van der Waals surface area contributed by atoms with Crippen LogP contribution in [0.1, 0.15) is 12.8 Å². The number of benzene rings is 2. The Kier molecular flexibility index (Phi) is 5.66. The Morgan fingerprint density at radius 1 is 0.926 bits per heavy atom. The van der Waals surface area contributed by atoms with Crippen molar-refractivity contribution in [3.05, 3.63) is 52.5 Å². The van der Waals surface area contributed by atoms with Gasteiger partial charge in [0.1, 0.15) is 10.7 Å². The van der Waals surface area contributed by atoms with E-state index in [4.69, 9.17) is 23.2 Å². The summed E-state index contributed by atoms with van der Waals surface area (Å²) in [5, 5.41) is -0.0197. The highest BCUT2D eigenvalue weighted by Gasteiger charge is 2.22. The van der Waals surface area contributed by atoms with Crippen LogP contribution >= 0.6 is 23.2 Å². The molecule has 0 aliphatic carbocycles. The summed E-state index contributed by atoms with van der Waals surface area (Å²) in [6.45, 7) is 0.581. The van der Waals surface area contributed by atoms with Gasteiger partial charge in [0.05, 0.1) is 20.6 Å². The maximum absolute atomic E-state index is 12.6. The van der Waals surface area contributed by atoms with Gasteiger partial charge in [0.25, 0.3) is 20.0 Å². The van der Waals surface area contributed by atoms with Crippen LogP contribution in [-0.2, 0) is 20.0 Å². The summed E-state index contributed by atoms with van der Waals surface area (Å²) in [6, 6.07) is 9.67. The molecule has 144 valence electrons. The molecule has 0 bridgehead atoms. The fourth-order valence-corrected chi connectivity index (χ4v) is 5.41. The average molecular weight is 448 g/mol. The zero-order valence-corrected chi connectivity index (χ0v) is 17.0. The van der Waals surface area contributed by atoms with Crippen LogP contribution in [0.4, 0.5) is 5.69 Å². The normalized spacial score (nSPS) is 14.7. The molecule has 1 aliphatic heterocycles. The van der Waals surface area contributed by atoms with E-state index < -0.39 is 20.0 Å². The number of nitrogens with zero attached hydrogens (tertiary/aromatic N) is 1. The van der Waals surface area contributed by atoms with Gasteiger partial charge in [-0.15, -0.1) is 0 Å². The van der Waals surface area contributed by atoms with Crippen molar-refractivity contribution in [2.75, 3.05) is 11.3 Å². The predicted molar refractivity (Wildman–Crippen MR) is 106 cm³/mol. The molecule has 2 N–H and O–H groups in total. The van der Waals surface area contributed by atoms with Crippen molar-refractivity contribution in [1.29, 1.82) is 0 Å². The molecule has 2 aromatic rings. The van der Waals surface area contributed by atoms with Crippen molar-refractivity contribution < 1.29 is 16.8 Å². The second kappa shape index (κ2) is 7.67. The van der Waals surface area contributed by atoms with E-state index in [1.807, 2.05) is 0 Å². The molecule has 0 saturated heterocycles. The monoisotopic (exact) mass is 447 g/mol. The molecule has 3 rings (SSSR count). The molecule has 0 amide bonds. The van der Waals surface area contributed by atoms with Gasteiger partial charge in [0, 0.05) is 13.0 Å². The van der Waals surface area contributed by atoms with Crippen molar-refractivity contribution in [3.63, 3.8) is 0 Å². The van der Waals surface area contributed by atoms with Crippen LogP contribution in [-0.4, -0.2) is 29.2 Å². The first-order valence-corrected chi connectivity index (χ1v) is 11.5. The molecule has 2 aromatic carbocycles. The number of anilines is 1. The van der Waals surface area contributed by atoms with Crippen molar-refractivity contribution in [2.45, 2.75) is 22.6 Å². The minimum absolute atomic E-state index is 0.0716. The van der Waals surface area contributed by atoms with E-state index in [0.29, 0.717) is 18.8 Å². The molecular weight excluding hydrogens is 433 g/mol. The maximum atomic E-state index is 12.6. The predicted octanol–water partition coefficient (Wildman–Crippen LogP) is 3.26. The Hall–Kier alpha value is -1.81. The van der Waals surface area contributed by atoms with Gasteiger partial charge in [-0.2, -0.15) is 0 Å². The van der Waals surface area contributed by atoms with Gasteiger partial charge >= 0.3 is 0 Å². The largest absolute Gasteiger partial charge is 0.280 e. The van der Waals surface area contributed by atoms with Crippen molar-refractivity contribution in [2.24, 2.45) is 4.99 Å². The minimum atomic E-state index is -4.06. The molecule has 0 spiro atoms. The van der Waals surface area contributed by atoms with Crippen molar-refractivity contribution in [1.82, 2.24) is 4.72 Å². The highest BCUT2D eigenvalue weighted by molar-refractivity contribution is 7.93. The van der Waals surface area contributed by atoms with E-state index in [-0.39, 0.29) is 25.5 Å². The van der Waals surface area contributed by atoms with E-state index in [9.17, 15) is 16.8 Å². The number of hydrogen-bond acceptors (Lipinski definition) is 5. The molecular formula is C16H15Cl2N3O4S2.